The molecule has 2 aromatic rings. The Morgan fingerprint density at radius 1 is 0.690 bits per heavy atom. The molecule has 0 atom stereocenters. The van der Waals surface area contributed by atoms with Crippen LogP contribution in [-0.4, -0.2) is 49.2 Å². The SMILES string of the molecule is Oc1cccc(CCC2OCC3(CO2)COC(CCc2cccc(O)c2)OC3)c1. The van der Waals surface area contributed by atoms with Crippen LogP contribution < -0.4 is 0 Å². The summed E-state index contributed by atoms with van der Waals surface area (Å²) < 4.78 is 23.7. The lowest BCUT2D eigenvalue weighted by Crippen LogP contribution is -2.52. The van der Waals surface area contributed by atoms with Gasteiger partial charge in [-0.1, -0.05) is 24.3 Å². The van der Waals surface area contributed by atoms with Crippen LogP contribution in [0.2, 0.25) is 0 Å². The number of phenolic OH excluding ortho intramolecular Hbond substituents is 2. The Morgan fingerprint density at radius 3 is 1.48 bits per heavy atom. The summed E-state index contributed by atoms with van der Waals surface area (Å²) in [5.41, 5.74) is 1.89. The maximum absolute atomic E-state index is 9.55. The summed E-state index contributed by atoms with van der Waals surface area (Å²) in [6, 6.07) is 14.5. The Kier molecular flexibility index (Phi) is 6.35. The molecule has 2 fully saturated rings. The normalized spacial score (nSPS) is 27.2. The van der Waals surface area contributed by atoms with Gasteiger partial charge in [-0.3, -0.25) is 0 Å². The Labute approximate surface area is 171 Å². The standard InChI is InChI=1S/C23H28O6/c24-19-5-1-3-17(11-19)7-9-21-26-13-23(14-27-21)15-28-22(29-16-23)10-8-18-4-2-6-20(25)12-18/h1-6,11-12,21-22,24-25H,7-10,13-16H2. The first-order chi connectivity index (χ1) is 14.1. The van der Waals surface area contributed by atoms with Gasteiger partial charge in [0.1, 0.15) is 11.5 Å². The van der Waals surface area contributed by atoms with Crippen LogP contribution in [0.15, 0.2) is 48.5 Å². The van der Waals surface area contributed by atoms with Crippen LogP contribution in [0.3, 0.4) is 0 Å². The predicted molar refractivity (Wildman–Crippen MR) is 107 cm³/mol. The maximum Gasteiger partial charge on any atom is 0.157 e. The van der Waals surface area contributed by atoms with Crippen molar-refractivity contribution >= 4 is 0 Å². The molecule has 2 saturated heterocycles. The third-order valence-corrected chi connectivity index (χ3v) is 5.46. The van der Waals surface area contributed by atoms with E-state index in [2.05, 4.69) is 0 Å². The van der Waals surface area contributed by atoms with Crippen molar-refractivity contribution < 1.29 is 29.2 Å². The molecular formula is C23H28O6. The van der Waals surface area contributed by atoms with Gasteiger partial charge < -0.3 is 29.2 Å². The van der Waals surface area contributed by atoms with E-state index in [1.165, 1.54) is 0 Å². The lowest BCUT2D eigenvalue weighted by atomic mass is 9.90. The predicted octanol–water partition coefficient (Wildman–Crippen LogP) is 3.40. The van der Waals surface area contributed by atoms with Crippen LogP contribution in [0, 0.1) is 5.41 Å². The Balaban J connectivity index is 1.18. The molecular weight excluding hydrogens is 372 g/mol. The van der Waals surface area contributed by atoms with Crippen molar-refractivity contribution in [3.8, 4) is 11.5 Å². The number of hydrogen-bond acceptors (Lipinski definition) is 6. The van der Waals surface area contributed by atoms with Crippen molar-refractivity contribution in [3.05, 3.63) is 59.7 Å². The fraction of sp³-hybridized carbons (Fsp3) is 0.478. The van der Waals surface area contributed by atoms with Gasteiger partial charge in [-0.05, 0) is 48.2 Å². The first-order valence-corrected chi connectivity index (χ1v) is 10.1. The fourth-order valence-electron chi connectivity index (χ4n) is 3.75. The first-order valence-electron chi connectivity index (χ1n) is 10.1. The van der Waals surface area contributed by atoms with Crippen LogP contribution in [0.5, 0.6) is 11.5 Å². The van der Waals surface area contributed by atoms with Gasteiger partial charge in [0.2, 0.25) is 0 Å². The minimum atomic E-state index is -0.247. The van der Waals surface area contributed by atoms with E-state index >= 15 is 0 Å². The van der Waals surface area contributed by atoms with Crippen molar-refractivity contribution in [2.24, 2.45) is 5.41 Å². The van der Waals surface area contributed by atoms with Gasteiger partial charge in [-0.25, -0.2) is 0 Å². The Bertz CT molecular complexity index is 720. The molecule has 0 unspecified atom stereocenters. The summed E-state index contributed by atoms with van der Waals surface area (Å²) in [5, 5.41) is 19.1. The van der Waals surface area contributed by atoms with Gasteiger partial charge in [0, 0.05) is 12.8 Å². The quantitative estimate of drug-likeness (QED) is 0.774. The van der Waals surface area contributed by atoms with Gasteiger partial charge in [-0.15, -0.1) is 0 Å². The fourth-order valence-corrected chi connectivity index (χ4v) is 3.75. The second-order valence-electron chi connectivity index (χ2n) is 8.02. The molecule has 0 aliphatic carbocycles. The van der Waals surface area contributed by atoms with E-state index < -0.39 is 0 Å². The van der Waals surface area contributed by atoms with E-state index in [1.54, 1.807) is 24.3 Å². The van der Waals surface area contributed by atoms with E-state index in [0.29, 0.717) is 26.4 Å². The molecule has 0 aromatic heterocycles. The summed E-state index contributed by atoms with van der Waals surface area (Å²) in [6.07, 6.45) is 2.58. The zero-order chi connectivity index (χ0) is 20.1. The molecule has 156 valence electrons. The highest BCUT2D eigenvalue weighted by Gasteiger charge is 2.41. The van der Waals surface area contributed by atoms with Gasteiger partial charge in [0.25, 0.3) is 0 Å². The van der Waals surface area contributed by atoms with Crippen molar-refractivity contribution in [2.45, 2.75) is 38.3 Å². The van der Waals surface area contributed by atoms with E-state index in [1.807, 2.05) is 24.3 Å². The van der Waals surface area contributed by atoms with Crippen molar-refractivity contribution in [1.29, 1.82) is 0 Å². The molecule has 2 aliphatic rings. The molecule has 0 bridgehead atoms. The van der Waals surface area contributed by atoms with E-state index in [0.717, 1.165) is 36.8 Å². The van der Waals surface area contributed by atoms with Gasteiger partial charge in [0.05, 0.1) is 31.8 Å². The number of aryl methyl sites for hydroxylation is 2. The molecule has 6 nitrogen and oxygen atoms in total. The molecule has 4 rings (SSSR count). The van der Waals surface area contributed by atoms with Gasteiger partial charge >= 0.3 is 0 Å². The smallest absolute Gasteiger partial charge is 0.157 e. The number of rotatable bonds is 6. The van der Waals surface area contributed by atoms with Crippen LogP contribution in [-0.2, 0) is 31.8 Å². The average Bonchev–Trinajstić information content (AvgIpc) is 2.73. The molecule has 2 aliphatic heterocycles. The number of aromatic hydroxyl groups is 2. The van der Waals surface area contributed by atoms with Crippen molar-refractivity contribution in [1.82, 2.24) is 0 Å². The van der Waals surface area contributed by atoms with E-state index in [4.69, 9.17) is 18.9 Å². The number of ether oxygens (including phenoxy) is 4. The highest BCUT2D eigenvalue weighted by molar-refractivity contribution is 5.27. The molecule has 2 aromatic carbocycles. The Morgan fingerprint density at radius 2 is 1.10 bits per heavy atom. The third kappa shape index (κ3) is 5.48. The minimum Gasteiger partial charge on any atom is -0.508 e. The van der Waals surface area contributed by atoms with Gasteiger partial charge in [-0.2, -0.15) is 0 Å². The highest BCUT2D eigenvalue weighted by Crippen LogP contribution is 2.32. The van der Waals surface area contributed by atoms with E-state index in [-0.39, 0.29) is 29.5 Å². The molecule has 2 heterocycles. The highest BCUT2D eigenvalue weighted by atomic mass is 16.7. The second kappa shape index (κ2) is 9.13. The van der Waals surface area contributed by atoms with Crippen molar-refractivity contribution in [3.63, 3.8) is 0 Å². The summed E-state index contributed by atoms with van der Waals surface area (Å²) >= 11 is 0. The number of benzene rings is 2. The third-order valence-electron chi connectivity index (χ3n) is 5.46. The molecule has 2 N–H and O–H groups in total. The summed E-state index contributed by atoms with van der Waals surface area (Å²) in [5.74, 6) is 0.559. The average molecular weight is 400 g/mol. The maximum atomic E-state index is 9.55. The molecule has 0 radical (unpaired) electrons. The van der Waals surface area contributed by atoms with Crippen LogP contribution >= 0.6 is 0 Å². The summed E-state index contributed by atoms with van der Waals surface area (Å²) in [7, 11) is 0. The van der Waals surface area contributed by atoms with E-state index in [9.17, 15) is 10.2 Å². The topological polar surface area (TPSA) is 77.4 Å². The zero-order valence-corrected chi connectivity index (χ0v) is 16.5. The minimum absolute atomic E-state index is 0.244. The second-order valence-corrected chi connectivity index (χ2v) is 8.02. The molecule has 1 spiro atoms. The lowest BCUT2D eigenvalue weighted by molar-refractivity contribution is -0.303. The summed E-state index contributed by atoms with van der Waals surface area (Å²) in [4.78, 5) is 0. The molecule has 29 heavy (non-hydrogen) atoms. The molecule has 0 amide bonds. The van der Waals surface area contributed by atoms with Gasteiger partial charge in [0.15, 0.2) is 12.6 Å². The molecule has 0 saturated carbocycles. The number of hydrogen-bond donors (Lipinski definition) is 2. The summed E-state index contributed by atoms with van der Waals surface area (Å²) in [6.45, 7) is 2.21. The largest absolute Gasteiger partial charge is 0.508 e. The molecule has 6 heteroatoms. The first kappa shape index (κ1) is 20.2. The number of phenols is 2. The van der Waals surface area contributed by atoms with Crippen LogP contribution in [0.1, 0.15) is 24.0 Å². The zero-order valence-electron chi connectivity index (χ0n) is 16.5. The Hall–Kier alpha value is -2.12. The monoisotopic (exact) mass is 400 g/mol. The lowest BCUT2D eigenvalue weighted by Gasteiger charge is -2.43. The van der Waals surface area contributed by atoms with Crippen molar-refractivity contribution in [2.75, 3.05) is 26.4 Å². The van der Waals surface area contributed by atoms with Crippen LogP contribution in [0.25, 0.3) is 0 Å². The van der Waals surface area contributed by atoms with Crippen LogP contribution in [0.4, 0.5) is 0 Å².